The van der Waals surface area contributed by atoms with E-state index in [4.69, 9.17) is 10.5 Å². The molecule has 1 atom stereocenters. The fourth-order valence-electron chi connectivity index (χ4n) is 2.27. The van der Waals surface area contributed by atoms with Crippen molar-refractivity contribution in [2.45, 2.75) is 25.9 Å². The van der Waals surface area contributed by atoms with E-state index in [-0.39, 0.29) is 30.9 Å². The summed E-state index contributed by atoms with van der Waals surface area (Å²) in [6, 6.07) is 10.7. The number of hydrogen-bond donors (Lipinski definition) is 3. The number of carbonyl (C=O) groups is 4. The Balaban J connectivity index is 1.71. The fourth-order valence-corrected chi connectivity index (χ4v) is 3.07. The molecule has 1 unspecified atom stereocenters. The standard InChI is InChI=1S/C19H21N3O5S/c1-12(18(26)22-19-14(17(20)25)8-10-28-19)27-16(24)7-9-21-15(23)11-13-5-3-2-4-6-13/h2-6,8,10,12H,7,9,11H2,1H3,(H2,20,25)(H,21,23)(H,22,26). The van der Waals surface area contributed by atoms with Gasteiger partial charge in [-0.2, -0.15) is 0 Å². The number of thiophene rings is 1. The highest BCUT2D eigenvalue weighted by atomic mass is 32.1. The molecule has 4 N–H and O–H groups in total. The minimum absolute atomic E-state index is 0.0658. The van der Waals surface area contributed by atoms with E-state index in [1.807, 2.05) is 30.3 Å². The molecule has 0 aliphatic carbocycles. The lowest BCUT2D eigenvalue weighted by Crippen LogP contribution is -2.32. The van der Waals surface area contributed by atoms with Crippen LogP contribution in [0.4, 0.5) is 5.00 Å². The zero-order valence-corrected chi connectivity index (χ0v) is 16.1. The van der Waals surface area contributed by atoms with Gasteiger partial charge < -0.3 is 21.1 Å². The van der Waals surface area contributed by atoms with Crippen LogP contribution in [0.1, 0.15) is 29.3 Å². The third-order valence-electron chi connectivity index (χ3n) is 3.70. The molecule has 0 saturated carbocycles. The Kier molecular flexibility index (Phi) is 7.70. The molecule has 0 saturated heterocycles. The number of rotatable bonds is 9. The maximum absolute atomic E-state index is 12.1. The van der Waals surface area contributed by atoms with Crippen molar-refractivity contribution >= 4 is 40.0 Å². The molecule has 0 spiro atoms. The SMILES string of the molecule is CC(OC(=O)CCNC(=O)Cc1ccccc1)C(=O)Nc1sccc1C(N)=O. The van der Waals surface area contributed by atoms with E-state index >= 15 is 0 Å². The minimum Gasteiger partial charge on any atom is -0.452 e. The van der Waals surface area contributed by atoms with Gasteiger partial charge in [0.1, 0.15) is 5.00 Å². The van der Waals surface area contributed by atoms with Gasteiger partial charge in [-0.15, -0.1) is 11.3 Å². The summed E-state index contributed by atoms with van der Waals surface area (Å²) in [4.78, 5) is 47.0. The van der Waals surface area contributed by atoms with Crippen LogP contribution in [-0.2, 0) is 25.5 Å². The second kappa shape index (κ2) is 10.2. The summed E-state index contributed by atoms with van der Waals surface area (Å²) in [7, 11) is 0. The highest BCUT2D eigenvalue weighted by Gasteiger charge is 2.20. The van der Waals surface area contributed by atoms with Crippen LogP contribution in [0.25, 0.3) is 0 Å². The molecule has 1 aromatic carbocycles. The Hall–Kier alpha value is -3.20. The summed E-state index contributed by atoms with van der Waals surface area (Å²) in [5.41, 5.74) is 6.28. The predicted molar refractivity (Wildman–Crippen MR) is 105 cm³/mol. The summed E-state index contributed by atoms with van der Waals surface area (Å²) in [6.07, 6.45) is -0.906. The monoisotopic (exact) mass is 403 g/mol. The lowest BCUT2D eigenvalue weighted by atomic mass is 10.1. The number of anilines is 1. The fraction of sp³-hybridized carbons (Fsp3) is 0.263. The van der Waals surface area contributed by atoms with Crippen LogP contribution < -0.4 is 16.4 Å². The van der Waals surface area contributed by atoms with Crippen molar-refractivity contribution in [2.75, 3.05) is 11.9 Å². The Morgan fingerprint density at radius 3 is 2.54 bits per heavy atom. The summed E-state index contributed by atoms with van der Waals surface area (Å²) >= 11 is 1.14. The van der Waals surface area contributed by atoms with Gasteiger partial charge in [0.2, 0.25) is 5.91 Å². The molecule has 1 aromatic heterocycles. The van der Waals surface area contributed by atoms with Crippen LogP contribution in [0.15, 0.2) is 41.8 Å². The van der Waals surface area contributed by atoms with Gasteiger partial charge in [0, 0.05) is 6.54 Å². The molecule has 9 heteroatoms. The van der Waals surface area contributed by atoms with Crippen LogP contribution in [-0.4, -0.2) is 36.3 Å². The van der Waals surface area contributed by atoms with Gasteiger partial charge >= 0.3 is 5.97 Å². The van der Waals surface area contributed by atoms with E-state index in [2.05, 4.69) is 10.6 Å². The first-order valence-electron chi connectivity index (χ1n) is 8.55. The predicted octanol–water partition coefficient (Wildman–Crippen LogP) is 1.47. The van der Waals surface area contributed by atoms with Gasteiger partial charge in [0.25, 0.3) is 11.8 Å². The molecular weight excluding hydrogens is 382 g/mol. The molecule has 0 radical (unpaired) electrons. The number of nitrogens with one attached hydrogen (secondary N) is 2. The van der Waals surface area contributed by atoms with Gasteiger partial charge in [0.15, 0.2) is 6.10 Å². The molecule has 0 fully saturated rings. The van der Waals surface area contributed by atoms with Crippen molar-refractivity contribution in [3.8, 4) is 0 Å². The summed E-state index contributed by atoms with van der Waals surface area (Å²) in [5, 5.41) is 7.06. The summed E-state index contributed by atoms with van der Waals surface area (Å²) in [5.74, 6) is -2.07. The van der Waals surface area contributed by atoms with Crippen LogP contribution in [0, 0.1) is 0 Å². The average molecular weight is 403 g/mol. The van der Waals surface area contributed by atoms with Gasteiger partial charge in [0.05, 0.1) is 18.4 Å². The molecule has 0 bridgehead atoms. The number of amides is 3. The highest BCUT2D eigenvalue weighted by Crippen LogP contribution is 2.22. The summed E-state index contributed by atoms with van der Waals surface area (Å²) < 4.78 is 5.05. The number of nitrogens with two attached hydrogens (primary N) is 1. The molecule has 28 heavy (non-hydrogen) atoms. The number of ether oxygens (including phenoxy) is 1. The topological polar surface area (TPSA) is 128 Å². The van der Waals surface area contributed by atoms with Crippen molar-refractivity contribution < 1.29 is 23.9 Å². The number of hydrogen-bond acceptors (Lipinski definition) is 6. The molecule has 2 aromatic rings. The highest BCUT2D eigenvalue weighted by molar-refractivity contribution is 7.14. The van der Waals surface area contributed by atoms with Crippen molar-refractivity contribution in [2.24, 2.45) is 5.73 Å². The van der Waals surface area contributed by atoms with Gasteiger partial charge in [-0.05, 0) is 23.9 Å². The number of primary amides is 1. The maximum atomic E-state index is 12.1. The zero-order valence-electron chi connectivity index (χ0n) is 15.3. The summed E-state index contributed by atoms with van der Waals surface area (Å²) in [6.45, 7) is 1.52. The van der Waals surface area contributed by atoms with Crippen molar-refractivity contribution in [1.29, 1.82) is 0 Å². The Morgan fingerprint density at radius 2 is 1.86 bits per heavy atom. The van der Waals surface area contributed by atoms with Crippen molar-refractivity contribution in [3.05, 3.63) is 52.9 Å². The maximum Gasteiger partial charge on any atom is 0.308 e. The first kappa shape index (κ1) is 21.1. The average Bonchev–Trinajstić information content (AvgIpc) is 3.10. The third-order valence-corrected chi connectivity index (χ3v) is 4.53. The number of carbonyl (C=O) groups excluding carboxylic acids is 4. The smallest absolute Gasteiger partial charge is 0.308 e. The second-order valence-electron chi connectivity index (χ2n) is 5.91. The van der Waals surface area contributed by atoms with Crippen molar-refractivity contribution in [1.82, 2.24) is 5.32 Å². The first-order valence-corrected chi connectivity index (χ1v) is 9.43. The number of benzene rings is 1. The normalized spacial score (nSPS) is 11.3. The van der Waals surface area contributed by atoms with E-state index in [0.29, 0.717) is 5.00 Å². The van der Waals surface area contributed by atoms with Gasteiger partial charge in [-0.25, -0.2) is 0 Å². The minimum atomic E-state index is -1.06. The van der Waals surface area contributed by atoms with E-state index in [1.165, 1.54) is 13.0 Å². The molecule has 148 valence electrons. The van der Waals surface area contributed by atoms with Gasteiger partial charge in [-0.3, -0.25) is 19.2 Å². The third kappa shape index (κ3) is 6.51. The lowest BCUT2D eigenvalue weighted by Gasteiger charge is -2.13. The Labute approximate surface area is 166 Å². The molecule has 8 nitrogen and oxygen atoms in total. The molecule has 3 amide bonds. The van der Waals surface area contributed by atoms with Crippen LogP contribution >= 0.6 is 11.3 Å². The first-order chi connectivity index (χ1) is 13.4. The van der Waals surface area contributed by atoms with Crippen LogP contribution in [0.3, 0.4) is 0 Å². The molecule has 2 rings (SSSR count). The Bertz CT molecular complexity index is 850. The van der Waals surface area contributed by atoms with E-state index in [1.54, 1.807) is 5.38 Å². The largest absolute Gasteiger partial charge is 0.452 e. The molecule has 1 heterocycles. The molecular formula is C19H21N3O5S. The second-order valence-corrected chi connectivity index (χ2v) is 6.83. The van der Waals surface area contributed by atoms with Crippen molar-refractivity contribution in [3.63, 3.8) is 0 Å². The number of esters is 1. The van der Waals surface area contributed by atoms with Crippen LogP contribution in [0.5, 0.6) is 0 Å². The lowest BCUT2D eigenvalue weighted by molar-refractivity contribution is -0.153. The van der Waals surface area contributed by atoms with Crippen LogP contribution in [0.2, 0.25) is 0 Å². The molecule has 0 aliphatic rings. The van der Waals surface area contributed by atoms with Gasteiger partial charge in [-0.1, -0.05) is 30.3 Å². The molecule has 0 aliphatic heterocycles. The Morgan fingerprint density at radius 1 is 1.14 bits per heavy atom. The van der Waals surface area contributed by atoms with E-state index in [0.717, 1.165) is 16.9 Å². The quantitative estimate of drug-likeness (QED) is 0.546. The van der Waals surface area contributed by atoms with E-state index < -0.39 is 23.9 Å². The van der Waals surface area contributed by atoms with E-state index in [9.17, 15) is 19.2 Å². The zero-order chi connectivity index (χ0) is 20.5.